The fourth-order valence-electron chi connectivity index (χ4n) is 3.87. The molecule has 1 unspecified atom stereocenters. The molecule has 0 aliphatic rings. The molecule has 0 bridgehead atoms. The molecule has 2 aromatic carbocycles. The average molecular weight is 481 g/mol. The van der Waals surface area contributed by atoms with Crippen LogP contribution in [-0.2, 0) is 11.2 Å². The second-order valence-corrected chi connectivity index (χ2v) is 8.64. The number of hydrogen-bond donors (Lipinski definition) is 3. The third-order valence-corrected chi connectivity index (χ3v) is 5.77. The summed E-state index contributed by atoms with van der Waals surface area (Å²) in [6, 6.07) is 23.3. The molecule has 7 heteroatoms. The number of H-pyrrole nitrogens is 1. The van der Waals surface area contributed by atoms with E-state index in [2.05, 4.69) is 38.8 Å². The van der Waals surface area contributed by atoms with Crippen LogP contribution in [0.5, 0.6) is 0 Å². The number of pyridine rings is 1. The van der Waals surface area contributed by atoms with Crippen molar-refractivity contribution < 1.29 is 4.79 Å². The number of amides is 1. The third kappa shape index (κ3) is 7.36. The molecule has 0 saturated heterocycles. The average Bonchev–Trinajstić information content (AvgIpc) is 3.23. The Kier molecular flexibility index (Phi) is 9.49. The molecular weight excluding hydrogens is 448 g/mol. The van der Waals surface area contributed by atoms with Crippen molar-refractivity contribution in [3.8, 4) is 17.2 Å². The van der Waals surface area contributed by atoms with Crippen LogP contribution in [0, 0.1) is 25.2 Å². The fraction of sp³-hybridized carbons (Fsp3) is 0.241. The summed E-state index contributed by atoms with van der Waals surface area (Å²) in [5.41, 5.74) is 6.95. The lowest BCUT2D eigenvalue weighted by molar-refractivity contribution is -0.115. The van der Waals surface area contributed by atoms with E-state index in [1.807, 2.05) is 87.6 Å². The minimum Gasteiger partial charge on any atom is -0.319 e. The quantitative estimate of drug-likeness (QED) is 0.339. The first-order valence-corrected chi connectivity index (χ1v) is 11.9. The summed E-state index contributed by atoms with van der Waals surface area (Å²) >= 11 is 0. The first-order chi connectivity index (χ1) is 17.4. The van der Waals surface area contributed by atoms with Crippen LogP contribution in [0.25, 0.3) is 11.1 Å². The second-order valence-electron chi connectivity index (χ2n) is 8.64. The second kappa shape index (κ2) is 13.0. The summed E-state index contributed by atoms with van der Waals surface area (Å²) < 4.78 is 0. The zero-order valence-electron chi connectivity index (χ0n) is 21.2. The van der Waals surface area contributed by atoms with Crippen molar-refractivity contribution in [2.24, 2.45) is 0 Å². The van der Waals surface area contributed by atoms with Crippen LogP contribution < -0.4 is 10.6 Å². The zero-order valence-corrected chi connectivity index (χ0v) is 21.2. The molecule has 0 saturated carbocycles. The Morgan fingerprint density at radius 3 is 2.33 bits per heavy atom. The van der Waals surface area contributed by atoms with E-state index < -0.39 is 0 Å². The number of rotatable bonds is 7. The van der Waals surface area contributed by atoms with Crippen molar-refractivity contribution in [3.63, 3.8) is 0 Å². The molecule has 0 radical (unpaired) electrons. The number of anilines is 1. The highest BCUT2D eigenvalue weighted by atomic mass is 16.1. The van der Waals surface area contributed by atoms with Crippen LogP contribution in [0.2, 0.25) is 0 Å². The number of nitrogens with one attached hydrogen (secondary N) is 3. The number of benzene rings is 2. The lowest BCUT2D eigenvalue weighted by Gasteiger charge is -2.10. The Hall–Kier alpha value is -4.28. The first-order valence-electron chi connectivity index (χ1n) is 11.9. The molecular formula is C29H32N6O. The maximum Gasteiger partial charge on any atom is 0.229 e. The molecule has 0 aliphatic heterocycles. The molecule has 3 N–H and O–H groups in total. The minimum atomic E-state index is -0.0767. The molecule has 0 fully saturated rings. The van der Waals surface area contributed by atoms with Crippen LogP contribution >= 0.6 is 0 Å². The molecule has 1 atom stereocenters. The van der Waals surface area contributed by atoms with Gasteiger partial charge >= 0.3 is 0 Å². The molecule has 2 aromatic heterocycles. The molecule has 184 valence electrons. The fourth-order valence-corrected chi connectivity index (χ4v) is 3.87. The predicted molar refractivity (Wildman–Crippen MR) is 144 cm³/mol. The van der Waals surface area contributed by atoms with Gasteiger partial charge in [0.1, 0.15) is 5.82 Å². The van der Waals surface area contributed by atoms with Crippen LogP contribution in [0.1, 0.15) is 40.9 Å². The number of aromatic amines is 1. The van der Waals surface area contributed by atoms with E-state index >= 15 is 0 Å². The molecule has 7 nitrogen and oxygen atoms in total. The van der Waals surface area contributed by atoms with E-state index in [1.54, 1.807) is 6.20 Å². The number of carbonyl (C=O) groups excluding carboxylic acids is 1. The molecule has 0 spiro atoms. The first kappa shape index (κ1) is 26.3. The maximum atomic E-state index is 12.0. The van der Waals surface area contributed by atoms with Gasteiger partial charge in [0.15, 0.2) is 0 Å². The van der Waals surface area contributed by atoms with Gasteiger partial charge in [-0.15, -0.1) is 0 Å². The number of hydrogen-bond acceptors (Lipinski definition) is 5. The van der Waals surface area contributed by atoms with Crippen molar-refractivity contribution in [1.29, 1.82) is 5.26 Å². The normalized spacial score (nSPS) is 11.1. The van der Waals surface area contributed by atoms with Gasteiger partial charge in [-0.05, 0) is 62.2 Å². The van der Waals surface area contributed by atoms with Gasteiger partial charge in [-0.3, -0.25) is 9.89 Å². The van der Waals surface area contributed by atoms with E-state index in [-0.39, 0.29) is 5.91 Å². The van der Waals surface area contributed by atoms with Crippen molar-refractivity contribution in [2.75, 3.05) is 18.9 Å². The highest BCUT2D eigenvalue weighted by molar-refractivity contribution is 5.91. The standard InChI is InChI=1S/C18H18N4O.C11H14N2/c1-12-18(13(2)22-21-12)15-8-9-16(19-11-15)20-17(23)10-14-6-4-3-5-7-14;1-9(8-13-2)11-5-3-10(7-12)4-6-11/h3-9,11H,10H2,1-2H3,(H,21,22)(H,19,20,23);3-6,9,13H,8H2,1-2H3. The largest absolute Gasteiger partial charge is 0.319 e. The van der Waals surface area contributed by atoms with E-state index in [9.17, 15) is 4.79 Å². The molecule has 2 heterocycles. The Morgan fingerprint density at radius 1 is 1.06 bits per heavy atom. The topological polar surface area (TPSA) is 106 Å². The van der Waals surface area contributed by atoms with Crippen molar-refractivity contribution in [1.82, 2.24) is 20.5 Å². The van der Waals surface area contributed by atoms with Gasteiger partial charge in [0.25, 0.3) is 0 Å². The minimum absolute atomic E-state index is 0.0767. The molecule has 0 aliphatic carbocycles. The van der Waals surface area contributed by atoms with Gasteiger partial charge in [0.2, 0.25) is 5.91 Å². The van der Waals surface area contributed by atoms with E-state index in [0.29, 0.717) is 18.2 Å². The summed E-state index contributed by atoms with van der Waals surface area (Å²) in [4.78, 5) is 16.4. The van der Waals surface area contributed by atoms with Gasteiger partial charge in [-0.2, -0.15) is 10.4 Å². The van der Waals surface area contributed by atoms with E-state index in [1.165, 1.54) is 5.56 Å². The Balaban J connectivity index is 0.000000236. The lowest BCUT2D eigenvalue weighted by Crippen LogP contribution is -2.15. The zero-order chi connectivity index (χ0) is 25.9. The van der Waals surface area contributed by atoms with Crippen LogP contribution in [0.3, 0.4) is 0 Å². The van der Waals surface area contributed by atoms with E-state index in [4.69, 9.17) is 5.26 Å². The van der Waals surface area contributed by atoms with Crippen LogP contribution in [0.15, 0.2) is 72.9 Å². The maximum absolute atomic E-state index is 12.0. The number of aromatic nitrogens is 3. The van der Waals surface area contributed by atoms with E-state index in [0.717, 1.165) is 40.2 Å². The highest BCUT2D eigenvalue weighted by Crippen LogP contribution is 2.25. The summed E-state index contributed by atoms with van der Waals surface area (Å²) in [7, 11) is 1.94. The van der Waals surface area contributed by atoms with Gasteiger partial charge in [-0.25, -0.2) is 4.98 Å². The lowest BCUT2D eigenvalue weighted by atomic mass is 10.0. The van der Waals surface area contributed by atoms with Crippen molar-refractivity contribution in [2.45, 2.75) is 33.1 Å². The highest BCUT2D eigenvalue weighted by Gasteiger charge is 2.10. The summed E-state index contributed by atoms with van der Waals surface area (Å²) in [6.07, 6.45) is 2.09. The molecule has 4 aromatic rings. The Morgan fingerprint density at radius 2 is 1.78 bits per heavy atom. The number of aryl methyl sites for hydroxylation is 2. The molecule has 1 amide bonds. The Labute approximate surface area is 212 Å². The predicted octanol–water partition coefficient (Wildman–Crippen LogP) is 5.15. The SMILES string of the molecule is CNCC(C)c1ccc(C#N)cc1.Cc1n[nH]c(C)c1-c1ccc(NC(=O)Cc2ccccc2)nc1. The van der Waals surface area contributed by atoms with Gasteiger partial charge < -0.3 is 10.6 Å². The number of nitriles is 1. The number of likely N-dealkylation sites (N-methyl/N-ethyl adjacent to an activating group) is 1. The van der Waals surface area contributed by atoms with Crippen molar-refractivity contribution >= 4 is 11.7 Å². The third-order valence-electron chi connectivity index (χ3n) is 5.77. The smallest absolute Gasteiger partial charge is 0.229 e. The van der Waals surface area contributed by atoms with Gasteiger partial charge in [0.05, 0.1) is 23.7 Å². The van der Waals surface area contributed by atoms with Gasteiger partial charge in [-0.1, -0.05) is 49.4 Å². The van der Waals surface area contributed by atoms with Crippen LogP contribution in [0.4, 0.5) is 5.82 Å². The summed E-state index contributed by atoms with van der Waals surface area (Å²) in [5, 5.41) is 21.7. The van der Waals surface area contributed by atoms with Crippen LogP contribution in [-0.4, -0.2) is 34.7 Å². The van der Waals surface area contributed by atoms with Gasteiger partial charge in [0, 0.05) is 29.6 Å². The monoisotopic (exact) mass is 480 g/mol. The molecule has 36 heavy (non-hydrogen) atoms. The molecule has 4 rings (SSSR count). The van der Waals surface area contributed by atoms with Crippen molar-refractivity contribution in [3.05, 3.63) is 101 Å². The number of carbonyl (C=O) groups is 1. The summed E-state index contributed by atoms with van der Waals surface area (Å²) in [6.45, 7) is 7.06. The summed E-state index contributed by atoms with van der Waals surface area (Å²) in [5.74, 6) is 0.971. The Bertz CT molecular complexity index is 1270. The number of nitrogens with zero attached hydrogens (tertiary/aromatic N) is 3.